The Kier molecular flexibility index (Phi) is 3.44. The number of fused-ring (bicyclic) bond motifs is 2. The summed E-state index contributed by atoms with van der Waals surface area (Å²) in [7, 11) is 0. The van der Waals surface area contributed by atoms with Crippen molar-refractivity contribution in [3.63, 3.8) is 0 Å². The lowest BCUT2D eigenvalue weighted by molar-refractivity contribution is 0.00878. The fraction of sp³-hybridized carbons (Fsp3) is 1.00. The van der Waals surface area contributed by atoms with Gasteiger partial charge >= 0.3 is 0 Å². The Hall–Kier alpha value is -0.0800. The number of rotatable bonds is 1. The summed E-state index contributed by atoms with van der Waals surface area (Å²) in [6.07, 6.45) is 9.77. The van der Waals surface area contributed by atoms with Crippen LogP contribution in [-0.2, 0) is 0 Å². The van der Waals surface area contributed by atoms with Gasteiger partial charge in [0.15, 0.2) is 0 Å². The molecule has 3 aliphatic rings. The van der Waals surface area contributed by atoms with E-state index in [0.29, 0.717) is 17.5 Å². The second-order valence-electron chi connectivity index (χ2n) is 7.99. The standard InChI is InChI=1S/C16H30N2/c1-16(2)7-6-14(17)15(9-16)18-10-12-4-3-5-13(8-12)11-18/h12-15H,3-11,17H2,1-2H3. The van der Waals surface area contributed by atoms with Gasteiger partial charge in [0, 0.05) is 25.2 Å². The van der Waals surface area contributed by atoms with Crippen molar-refractivity contribution in [1.29, 1.82) is 0 Å². The van der Waals surface area contributed by atoms with Gasteiger partial charge in [0.25, 0.3) is 0 Å². The van der Waals surface area contributed by atoms with Crippen LogP contribution in [0.2, 0.25) is 0 Å². The van der Waals surface area contributed by atoms with Gasteiger partial charge in [-0.15, -0.1) is 0 Å². The second kappa shape index (κ2) is 4.79. The summed E-state index contributed by atoms with van der Waals surface area (Å²) in [5.41, 5.74) is 6.95. The van der Waals surface area contributed by atoms with Gasteiger partial charge in [-0.1, -0.05) is 20.3 Å². The van der Waals surface area contributed by atoms with Crippen LogP contribution < -0.4 is 5.73 Å². The Morgan fingerprint density at radius 1 is 1.06 bits per heavy atom. The van der Waals surface area contributed by atoms with E-state index in [2.05, 4.69) is 18.7 Å². The minimum Gasteiger partial charge on any atom is -0.326 e. The highest BCUT2D eigenvalue weighted by Gasteiger charge is 2.40. The Labute approximate surface area is 112 Å². The fourth-order valence-electron chi connectivity index (χ4n) is 4.71. The second-order valence-corrected chi connectivity index (χ2v) is 7.99. The van der Waals surface area contributed by atoms with Crippen molar-refractivity contribution in [2.75, 3.05) is 13.1 Å². The van der Waals surface area contributed by atoms with Gasteiger partial charge < -0.3 is 5.73 Å². The third-order valence-electron chi connectivity index (χ3n) is 5.76. The largest absolute Gasteiger partial charge is 0.326 e. The van der Waals surface area contributed by atoms with Crippen LogP contribution in [0, 0.1) is 17.3 Å². The summed E-state index contributed by atoms with van der Waals surface area (Å²) in [5.74, 6) is 1.96. The molecule has 1 aliphatic heterocycles. The molecule has 4 atom stereocenters. The van der Waals surface area contributed by atoms with E-state index < -0.39 is 0 Å². The summed E-state index contributed by atoms with van der Waals surface area (Å²) >= 11 is 0. The van der Waals surface area contributed by atoms with E-state index in [1.807, 2.05) is 0 Å². The molecule has 0 radical (unpaired) electrons. The molecule has 2 heteroatoms. The van der Waals surface area contributed by atoms with Crippen molar-refractivity contribution >= 4 is 0 Å². The molecule has 0 amide bonds. The molecular weight excluding hydrogens is 220 g/mol. The molecule has 2 nitrogen and oxygen atoms in total. The molecule has 2 aliphatic carbocycles. The summed E-state index contributed by atoms with van der Waals surface area (Å²) in [4.78, 5) is 2.78. The average molecular weight is 250 g/mol. The number of hydrogen-bond donors (Lipinski definition) is 1. The van der Waals surface area contributed by atoms with Crippen LogP contribution in [-0.4, -0.2) is 30.1 Å². The molecule has 0 aromatic heterocycles. The van der Waals surface area contributed by atoms with Crippen molar-refractivity contribution < 1.29 is 0 Å². The molecule has 1 saturated heterocycles. The maximum absolute atomic E-state index is 6.44. The Balaban J connectivity index is 1.69. The number of nitrogens with zero attached hydrogens (tertiary/aromatic N) is 1. The minimum absolute atomic E-state index is 0.428. The molecule has 3 rings (SSSR count). The Morgan fingerprint density at radius 2 is 1.72 bits per heavy atom. The first-order valence-corrected chi connectivity index (χ1v) is 8.03. The van der Waals surface area contributed by atoms with Crippen LogP contribution in [0.1, 0.15) is 58.8 Å². The number of piperidine rings is 1. The molecule has 0 aromatic rings. The fourth-order valence-corrected chi connectivity index (χ4v) is 4.71. The van der Waals surface area contributed by atoms with E-state index in [4.69, 9.17) is 5.73 Å². The molecule has 1 heterocycles. The molecule has 0 aromatic carbocycles. The van der Waals surface area contributed by atoms with Crippen LogP contribution in [0.4, 0.5) is 0 Å². The van der Waals surface area contributed by atoms with E-state index in [1.54, 1.807) is 0 Å². The van der Waals surface area contributed by atoms with Crippen molar-refractivity contribution in [1.82, 2.24) is 4.90 Å². The molecule has 4 unspecified atom stereocenters. The number of hydrogen-bond acceptors (Lipinski definition) is 2. The average Bonchev–Trinajstić information content (AvgIpc) is 2.32. The normalized spacial score (nSPS) is 44.8. The summed E-state index contributed by atoms with van der Waals surface area (Å²) < 4.78 is 0. The first-order chi connectivity index (χ1) is 8.53. The van der Waals surface area contributed by atoms with Crippen LogP contribution in [0.5, 0.6) is 0 Å². The van der Waals surface area contributed by atoms with Gasteiger partial charge in [-0.25, -0.2) is 0 Å². The maximum Gasteiger partial charge on any atom is 0.0252 e. The smallest absolute Gasteiger partial charge is 0.0252 e. The van der Waals surface area contributed by atoms with Gasteiger partial charge in [-0.3, -0.25) is 4.90 Å². The third kappa shape index (κ3) is 2.60. The Morgan fingerprint density at radius 3 is 2.39 bits per heavy atom. The molecule has 2 bridgehead atoms. The topological polar surface area (TPSA) is 29.3 Å². The maximum atomic E-state index is 6.44. The number of likely N-dealkylation sites (tertiary alicyclic amines) is 1. The molecule has 0 spiro atoms. The number of nitrogens with two attached hydrogens (primary N) is 1. The van der Waals surface area contributed by atoms with Crippen LogP contribution in [0.3, 0.4) is 0 Å². The highest BCUT2D eigenvalue weighted by molar-refractivity contribution is 4.96. The molecular formula is C16H30N2. The van der Waals surface area contributed by atoms with E-state index in [0.717, 1.165) is 11.8 Å². The zero-order valence-electron chi connectivity index (χ0n) is 12.2. The SMILES string of the molecule is CC1(C)CCC(N)C(N2CC3CCCC(C3)C2)C1. The van der Waals surface area contributed by atoms with Gasteiger partial charge in [0.1, 0.15) is 0 Å². The van der Waals surface area contributed by atoms with E-state index in [9.17, 15) is 0 Å². The predicted octanol–water partition coefficient (Wildman–Crippen LogP) is 3.01. The Bertz CT molecular complexity index is 287. The van der Waals surface area contributed by atoms with Crippen molar-refractivity contribution in [2.24, 2.45) is 23.0 Å². The van der Waals surface area contributed by atoms with E-state index in [1.165, 1.54) is 58.0 Å². The zero-order chi connectivity index (χ0) is 12.8. The summed E-state index contributed by atoms with van der Waals surface area (Å²) in [6, 6.07) is 1.09. The molecule has 3 fully saturated rings. The van der Waals surface area contributed by atoms with E-state index in [-0.39, 0.29) is 0 Å². The summed E-state index contributed by atoms with van der Waals surface area (Å²) in [5, 5.41) is 0. The van der Waals surface area contributed by atoms with Gasteiger partial charge in [-0.05, 0) is 55.8 Å². The lowest BCUT2D eigenvalue weighted by Crippen LogP contribution is -2.57. The van der Waals surface area contributed by atoms with Crippen molar-refractivity contribution in [2.45, 2.75) is 70.9 Å². The van der Waals surface area contributed by atoms with Crippen molar-refractivity contribution in [3.8, 4) is 0 Å². The van der Waals surface area contributed by atoms with Gasteiger partial charge in [-0.2, -0.15) is 0 Å². The highest BCUT2D eigenvalue weighted by Crippen LogP contribution is 2.41. The van der Waals surface area contributed by atoms with Crippen LogP contribution >= 0.6 is 0 Å². The molecule has 2 saturated carbocycles. The van der Waals surface area contributed by atoms with Gasteiger partial charge in [0.2, 0.25) is 0 Å². The third-order valence-corrected chi connectivity index (χ3v) is 5.76. The lowest BCUT2D eigenvalue weighted by atomic mass is 9.71. The lowest BCUT2D eigenvalue weighted by Gasteiger charge is -2.50. The van der Waals surface area contributed by atoms with Gasteiger partial charge in [0.05, 0.1) is 0 Å². The zero-order valence-corrected chi connectivity index (χ0v) is 12.2. The van der Waals surface area contributed by atoms with Crippen LogP contribution in [0.15, 0.2) is 0 Å². The first kappa shape index (κ1) is 12.9. The molecule has 18 heavy (non-hydrogen) atoms. The molecule has 2 N–H and O–H groups in total. The van der Waals surface area contributed by atoms with E-state index >= 15 is 0 Å². The minimum atomic E-state index is 0.428. The highest BCUT2D eigenvalue weighted by atomic mass is 15.2. The summed E-state index contributed by atoms with van der Waals surface area (Å²) in [6.45, 7) is 7.53. The van der Waals surface area contributed by atoms with Crippen molar-refractivity contribution in [3.05, 3.63) is 0 Å². The van der Waals surface area contributed by atoms with Crippen LogP contribution in [0.25, 0.3) is 0 Å². The predicted molar refractivity (Wildman–Crippen MR) is 76.4 cm³/mol. The first-order valence-electron chi connectivity index (χ1n) is 8.03. The monoisotopic (exact) mass is 250 g/mol. The molecule has 104 valence electrons. The quantitative estimate of drug-likeness (QED) is 0.775.